The molecule has 8 nitrogen and oxygen atoms in total. The SMILES string of the molecule is C=Nc1c(OCN2CCN(C(=O)C(CC)CCC)C[C@@H]2C)cccc1C(=O)NC1CC(=NC)C(=C)C(C)C1.CC. The molecule has 3 unspecified atom stereocenters. The molecule has 1 aliphatic carbocycles. The van der Waals surface area contributed by atoms with Crippen LogP contribution in [0.25, 0.3) is 0 Å². The summed E-state index contributed by atoms with van der Waals surface area (Å²) in [7, 11) is 1.77. The van der Waals surface area contributed by atoms with Gasteiger partial charge in [-0.15, -0.1) is 0 Å². The third-order valence-electron chi connectivity index (χ3n) is 7.99. The zero-order valence-electron chi connectivity index (χ0n) is 25.8. The molecule has 1 N–H and O–H groups in total. The maximum absolute atomic E-state index is 13.2. The van der Waals surface area contributed by atoms with E-state index in [-0.39, 0.29) is 35.7 Å². The van der Waals surface area contributed by atoms with Gasteiger partial charge in [-0.05, 0) is 56.5 Å². The smallest absolute Gasteiger partial charge is 0.253 e. The van der Waals surface area contributed by atoms with Crippen LogP contribution in [0.4, 0.5) is 5.69 Å². The molecule has 0 aromatic heterocycles. The molecule has 1 aliphatic heterocycles. The molecule has 0 spiro atoms. The Morgan fingerprint density at radius 1 is 1.20 bits per heavy atom. The van der Waals surface area contributed by atoms with Crippen LogP contribution in [0.5, 0.6) is 5.75 Å². The average molecular weight is 554 g/mol. The van der Waals surface area contributed by atoms with Crippen LogP contribution in [0, 0.1) is 11.8 Å². The lowest BCUT2D eigenvalue weighted by molar-refractivity contribution is -0.139. The molecular formula is C32H51N5O3. The molecule has 222 valence electrons. The van der Waals surface area contributed by atoms with Crippen molar-refractivity contribution in [2.75, 3.05) is 33.4 Å². The molecule has 2 aliphatic rings. The van der Waals surface area contributed by atoms with Crippen LogP contribution in [0.2, 0.25) is 0 Å². The van der Waals surface area contributed by atoms with Crippen molar-refractivity contribution >= 4 is 29.9 Å². The highest BCUT2D eigenvalue weighted by Gasteiger charge is 2.31. The Bertz CT molecular complexity index is 1050. The van der Waals surface area contributed by atoms with Crippen LogP contribution < -0.4 is 10.1 Å². The lowest BCUT2D eigenvalue weighted by atomic mass is 9.81. The molecular weight excluding hydrogens is 502 g/mol. The zero-order valence-corrected chi connectivity index (χ0v) is 25.8. The van der Waals surface area contributed by atoms with E-state index >= 15 is 0 Å². The first-order valence-electron chi connectivity index (χ1n) is 14.9. The van der Waals surface area contributed by atoms with E-state index in [0.29, 0.717) is 43.2 Å². The molecule has 40 heavy (non-hydrogen) atoms. The number of amides is 2. The molecule has 2 amide bonds. The number of allylic oxidation sites excluding steroid dienone is 1. The van der Waals surface area contributed by atoms with E-state index in [0.717, 1.165) is 43.5 Å². The van der Waals surface area contributed by atoms with Crippen LogP contribution in [-0.2, 0) is 4.79 Å². The fourth-order valence-electron chi connectivity index (χ4n) is 5.54. The number of piperazine rings is 1. The first-order chi connectivity index (χ1) is 19.2. The van der Waals surface area contributed by atoms with Crippen molar-refractivity contribution in [2.24, 2.45) is 21.8 Å². The van der Waals surface area contributed by atoms with Gasteiger partial charge < -0.3 is 15.0 Å². The molecule has 0 radical (unpaired) electrons. The van der Waals surface area contributed by atoms with E-state index in [2.05, 4.69) is 61.2 Å². The number of benzene rings is 1. The molecule has 3 rings (SSSR count). The summed E-state index contributed by atoms with van der Waals surface area (Å²) in [6.07, 6.45) is 4.33. The summed E-state index contributed by atoms with van der Waals surface area (Å²) in [5.41, 5.74) is 2.89. The van der Waals surface area contributed by atoms with Crippen LogP contribution in [0.15, 0.2) is 40.3 Å². The highest BCUT2D eigenvalue weighted by atomic mass is 16.5. The number of hydrogen-bond acceptors (Lipinski definition) is 6. The largest absolute Gasteiger partial charge is 0.476 e. The number of nitrogens with zero attached hydrogens (tertiary/aromatic N) is 4. The third kappa shape index (κ3) is 8.26. The molecule has 1 saturated heterocycles. The maximum atomic E-state index is 13.2. The summed E-state index contributed by atoms with van der Waals surface area (Å²) in [6, 6.07) is 5.52. The Balaban J connectivity index is 0.00000274. The Morgan fingerprint density at radius 2 is 1.93 bits per heavy atom. The highest BCUT2D eigenvalue weighted by Crippen LogP contribution is 2.33. The van der Waals surface area contributed by atoms with Gasteiger partial charge in [0.25, 0.3) is 5.91 Å². The molecule has 1 aromatic rings. The number of ether oxygens (including phenoxy) is 1. The number of rotatable bonds is 10. The number of hydrogen-bond donors (Lipinski definition) is 1. The number of carbonyl (C=O) groups is 2. The van der Waals surface area contributed by atoms with Crippen LogP contribution in [-0.4, -0.2) is 79.5 Å². The second-order valence-electron chi connectivity index (χ2n) is 10.6. The minimum Gasteiger partial charge on any atom is -0.476 e. The summed E-state index contributed by atoms with van der Waals surface area (Å²) in [5, 5.41) is 3.15. The van der Waals surface area contributed by atoms with Crippen molar-refractivity contribution in [3.05, 3.63) is 35.9 Å². The second-order valence-corrected chi connectivity index (χ2v) is 10.6. The second kappa shape index (κ2) is 16.3. The first-order valence-corrected chi connectivity index (χ1v) is 14.9. The van der Waals surface area contributed by atoms with E-state index in [1.54, 1.807) is 13.1 Å². The average Bonchev–Trinajstić information content (AvgIpc) is 2.97. The highest BCUT2D eigenvalue weighted by molar-refractivity contribution is 6.03. The van der Waals surface area contributed by atoms with Crippen molar-refractivity contribution in [3.63, 3.8) is 0 Å². The number of nitrogens with one attached hydrogen (secondary N) is 1. The molecule has 0 bridgehead atoms. The van der Waals surface area contributed by atoms with Gasteiger partial charge in [0, 0.05) is 56.8 Å². The van der Waals surface area contributed by atoms with Crippen molar-refractivity contribution in [1.82, 2.24) is 15.1 Å². The monoisotopic (exact) mass is 553 g/mol. The summed E-state index contributed by atoms with van der Waals surface area (Å²) >= 11 is 0. The van der Waals surface area contributed by atoms with Gasteiger partial charge in [-0.1, -0.05) is 53.7 Å². The van der Waals surface area contributed by atoms with Gasteiger partial charge >= 0.3 is 0 Å². The van der Waals surface area contributed by atoms with E-state index in [1.807, 2.05) is 30.9 Å². The van der Waals surface area contributed by atoms with E-state index in [4.69, 9.17) is 4.74 Å². The quantitative estimate of drug-likeness (QED) is 0.366. The van der Waals surface area contributed by atoms with Crippen molar-refractivity contribution in [1.29, 1.82) is 0 Å². The number of para-hydroxylation sites is 1. The summed E-state index contributed by atoms with van der Waals surface area (Å²) in [6.45, 7) is 22.8. The fraction of sp³-hybridized carbons (Fsp3) is 0.625. The lowest BCUT2D eigenvalue weighted by Crippen LogP contribution is -2.55. The summed E-state index contributed by atoms with van der Waals surface area (Å²) in [5.74, 6) is 0.968. The van der Waals surface area contributed by atoms with Gasteiger partial charge in [-0.2, -0.15) is 0 Å². The van der Waals surface area contributed by atoms with Gasteiger partial charge in [0.05, 0.1) is 5.56 Å². The summed E-state index contributed by atoms with van der Waals surface area (Å²) < 4.78 is 6.17. The standard InChI is InChI=1S/C30H45N5O3.C2H6/c1-8-11-23(9-2)30(37)34-14-15-35(21(4)18-34)19-38-27-13-10-12-25(28(27)32-7)29(36)33-24-16-20(3)22(5)26(17-24)31-6;1-2/h10,12-13,20-21,23-24H,5,7-9,11,14-19H2,1-4,6H3,(H,33,36);1-2H3/t20?,21-,23?,24?;/m0./s1. The zero-order chi connectivity index (χ0) is 29.8. The third-order valence-corrected chi connectivity index (χ3v) is 7.99. The minimum absolute atomic E-state index is 0.0200. The fourth-order valence-corrected chi connectivity index (χ4v) is 5.54. The van der Waals surface area contributed by atoms with Crippen molar-refractivity contribution < 1.29 is 14.3 Å². The molecule has 1 heterocycles. The molecule has 1 saturated carbocycles. The number of carbonyl (C=O) groups excluding carboxylic acids is 2. The Hall–Kier alpha value is -3.00. The summed E-state index contributed by atoms with van der Waals surface area (Å²) in [4.78, 5) is 38.9. The normalized spacial score (nSPS) is 23.2. The maximum Gasteiger partial charge on any atom is 0.253 e. The van der Waals surface area contributed by atoms with Crippen LogP contribution in [0.1, 0.15) is 84.0 Å². The molecule has 8 heteroatoms. The predicted octanol–water partition coefficient (Wildman–Crippen LogP) is 5.90. The van der Waals surface area contributed by atoms with E-state index in [1.165, 1.54) is 0 Å². The van der Waals surface area contributed by atoms with Crippen molar-refractivity contribution in [2.45, 2.75) is 85.7 Å². The van der Waals surface area contributed by atoms with Gasteiger partial charge in [0.2, 0.25) is 5.91 Å². The Labute approximate surface area is 242 Å². The Kier molecular flexibility index (Phi) is 13.5. The van der Waals surface area contributed by atoms with Gasteiger partial charge in [0.15, 0.2) is 0 Å². The predicted molar refractivity (Wildman–Crippen MR) is 166 cm³/mol. The molecule has 2 fully saturated rings. The lowest BCUT2D eigenvalue weighted by Gasteiger charge is -2.40. The van der Waals surface area contributed by atoms with E-state index in [9.17, 15) is 9.59 Å². The van der Waals surface area contributed by atoms with Crippen LogP contribution >= 0.6 is 0 Å². The van der Waals surface area contributed by atoms with Crippen LogP contribution in [0.3, 0.4) is 0 Å². The number of aliphatic imine (C=N–C) groups is 2. The molecule has 4 atom stereocenters. The van der Waals surface area contributed by atoms with Gasteiger partial charge in [-0.25, -0.2) is 0 Å². The Morgan fingerprint density at radius 3 is 2.52 bits per heavy atom. The van der Waals surface area contributed by atoms with Gasteiger partial charge in [-0.3, -0.25) is 24.5 Å². The minimum atomic E-state index is -0.198. The van der Waals surface area contributed by atoms with Gasteiger partial charge in [0.1, 0.15) is 18.2 Å². The molecule has 1 aromatic carbocycles. The van der Waals surface area contributed by atoms with Crippen molar-refractivity contribution in [3.8, 4) is 5.75 Å². The first kappa shape index (κ1) is 33.2. The van der Waals surface area contributed by atoms with E-state index < -0.39 is 0 Å². The topological polar surface area (TPSA) is 86.6 Å².